The lowest BCUT2D eigenvalue weighted by Gasteiger charge is -2.11. The average Bonchev–Trinajstić information content (AvgIpc) is 3.54. The number of aromatic nitrogens is 4. The monoisotopic (exact) mass is 405 g/mol. The highest BCUT2D eigenvalue weighted by molar-refractivity contribution is 6.29. The van der Waals surface area contributed by atoms with Gasteiger partial charge in [0.05, 0.1) is 34.0 Å². The minimum atomic E-state index is -0.369. The van der Waals surface area contributed by atoms with Crippen molar-refractivity contribution in [1.82, 2.24) is 19.9 Å². The molecule has 7 heteroatoms. The van der Waals surface area contributed by atoms with Crippen LogP contribution in [0.5, 0.6) is 0 Å². The Hall–Kier alpha value is -4.52. The Balaban J connectivity index is 1.66. The highest BCUT2D eigenvalue weighted by atomic mass is 16.2. The molecule has 0 aromatic carbocycles. The van der Waals surface area contributed by atoms with Crippen molar-refractivity contribution in [3.63, 3.8) is 0 Å². The third-order valence-electron chi connectivity index (χ3n) is 5.20. The van der Waals surface area contributed by atoms with Crippen molar-refractivity contribution >= 4 is 63.9 Å². The van der Waals surface area contributed by atoms with Gasteiger partial charge in [0.2, 0.25) is 0 Å². The van der Waals surface area contributed by atoms with E-state index in [1.165, 1.54) is 12.2 Å². The molecule has 7 nitrogen and oxygen atoms in total. The predicted molar refractivity (Wildman–Crippen MR) is 120 cm³/mol. The number of carbonyl (C=O) groups is 2. The zero-order chi connectivity index (χ0) is 20.9. The molecular formula is C24H15N5O2. The molecule has 3 aromatic heterocycles. The van der Waals surface area contributed by atoms with Crippen LogP contribution in [0.15, 0.2) is 54.6 Å². The maximum atomic E-state index is 12.3. The van der Waals surface area contributed by atoms with Gasteiger partial charge in [-0.3, -0.25) is 9.59 Å². The summed E-state index contributed by atoms with van der Waals surface area (Å²) in [4.78, 5) is 41.6. The smallest absolute Gasteiger partial charge is 0.258 e. The maximum Gasteiger partial charge on any atom is 0.258 e. The van der Waals surface area contributed by atoms with Crippen LogP contribution in [0.4, 0.5) is 5.69 Å². The van der Waals surface area contributed by atoms with Crippen LogP contribution in [0.1, 0.15) is 22.8 Å². The second kappa shape index (κ2) is 6.50. The Kier molecular flexibility index (Phi) is 3.64. The van der Waals surface area contributed by atoms with E-state index >= 15 is 0 Å². The summed E-state index contributed by atoms with van der Waals surface area (Å²) in [6, 6.07) is 13.4. The molecule has 2 N–H and O–H groups in total. The number of anilines is 1. The number of nitrogens with one attached hydrogen (secondary N) is 2. The highest BCUT2D eigenvalue weighted by Crippen LogP contribution is 2.28. The van der Waals surface area contributed by atoms with Crippen molar-refractivity contribution in [3.8, 4) is 0 Å². The third-order valence-corrected chi connectivity index (χ3v) is 5.20. The van der Waals surface area contributed by atoms with Gasteiger partial charge in [0.1, 0.15) is 0 Å². The summed E-state index contributed by atoms with van der Waals surface area (Å²) in [6.07, 6.45) is 10.2. The Labute approximate surface area is 176 Å². The Morgan fingerprint density at radius 1 is 0.581 bits per heavy atom. The minimum absolute atomic E-state index is 0.369. The highest BCUT2D eigenvalue weighted by Gasteiger charge is 2.27. The molecule has 31 heavy (non-hydrogen) atoms. The fourth-order valence-electron chi connectivity index (χ4n) is 3.83. The molecular weight excluding hydrogens is 390 g/mol. The van der Waals surface area contributed by atoms with Gasteiger partial charge < -0.3 is 9.97 Å². The van der Waals surface area contributed by atoms with Gasteiger partial charge in [-0.25, -0.2) is 14.9 Å². The second-order valence-electron chi connectivity index (χ2n) is 7.40. The van der Waals surface area contributed by atoms with Crippen LogP contribution < -0.4 is 4.90 Å². The molecule has 0 atom stereocenters. The Morgan fingerprint density at radius 3 is 1.68 bits per heavy atom. The molecule has 6 rings (SSSR count). The summed E-state index contributed by atoms with van der Waals surface area (Å²) in [5, 5.41) is 0. The standard InChI is InChI=1S/C24H15N5O2/c30-23-7-8-24(31)29(23)22-13-20-11-18-4-3-16(26-18)9-14-1-2-15(25-14)10-17-5-6-19(27-17)12-21(22)28-20/h1-13,25,28H. The summed E-state index contributed by atoms with van der Waals surface area (Å²) < 4.78 is 0. The third kappa shape index (κ3) is 3.08. The van der Waals surface area contributed by atoms with Gasteiger partial charge in [-0.15, -0.1) is 0 Å². The zero-order valence-electron chi connectivity index (χ0n) is 16.2. The number of nitrogens with zero attached hydrogens (tertiary/aromatic N) is 3. The van der Waals surface area contributed by atoms with Crippen LogP contribution in [0.3, 0.4) is 0 Å². The number of amides is 2. The van der Waals surface area contributed by atoms with Gasteiger partial charge in [-0.05, 0) is 66.8 Å². The van der Waals surface area contributed by atoms with E-state index in [0.29, 0.717) is 16.9 Å². The number of aromatic amines is 2. The number of carbonyl (C=O) groups excluding carboxylic acids is 2. The molecule has 3 aliphatic rings. The van der Waals surface area contributed by atoms with Crippen molar-refractivity contribution in [2.24, 2.45) is 0 Å². The Morgan fingerprint density at radius 2 is 1.10 bits per heavy atom. The first kappa shape index (κ1) is 17.3. The van der Waals surface area contributed by atoms with E-state index in [1.54, 1.807) is 6.07 Å². The molecule has 3 aromatic rings. The van der Waals surface area contributed by atoms with Crippen LogP contribution in [0.25, 0.3) is 46.4 Å². The SMILES string of the molecule is O=C1C=CC(=O)N1c1cc2cc3nc(cc4ccc(cc5nc(cc1[nH]2)C=C5)[nH]4)C=C3. The average molecular weight is 405 g/mol. The van der Waals surface area contributed by atoms with E-state index in [9.17, 15) is 9.59 Å². The van der Waals surface area contributed by atoms with Crippen molar-refractivity contribution < 1.29 is 9.59 Å². The van der Waals surface area contributed by atoms with Gasteiger partial charge in [0.15, 0.2) is 0 Å². The molecule has 2 amide bonds. The van der Waals surface area contributed by atoms with Crippen LogP contribution in [0, 0.1) is 0 Å². The van der Waals surface area contributed by atoms with Crippen LogP contribution >= 0.6 is 0 Å². The van der Waals surface area contributed by atoms with Crippen molar-refractivity contribution in [2.75, 3.05) is 4.90 Å². The largest absolute Gasteiger partial charge is 0.355 e. The lowest BCUT2D eigenvalue weighted by atomic mass is 10.3. The van der Waals surface area contributed by atoms with Crippen molar-refractivity contribution in [1.29, 1.82) is 0 Å². The molecule has 0 fully saturated rings. The number of hydrogen-bond donors (Lipinski definition) is 2. The van der Waals surface area contributed by atoms with Crippen molar-refractivity contribution in [3.05, 3.63) is 77.4 Å². The minimum Gasteiger partial charge on any atom is -0.355 e. The number of rotatable bonds is 1. The van der Waals surface area contributed by atoms with E-state index in [4.69, 9.17) is 0 Å². The summed E-state index contributed by atoms with van der Waals surface area (Å²) in [5.41, 5.74) is 6.82. The second-order valence-corrected chi connectivity index (χ2v) is 7.40. The van der Waals surface area contributed by atoms with Gasteiger partial charge in [-0.2, -0.15) is 0 Å². The molecule has 6 heterocycles. The first-order chi connectivity index (χ1) is 15.1. The fourth-order valence-corrected chi connectivity index (χ4v) is 3.83. The van der Waals surface area contributed by atoms with Crippen molar-refractivity contribution in [2.45, 2.75) is 0 Å². The topological polar surface area (TPSA) is 94.7 Å². The predicted octanol–water partition coefficient (Wildman–Crippen LogP) is 4.09. The summed E-state index contributed by atoms with van der Waals surface area (Å²) in [6.45, 7) is 0. The molecule has 148 valence electrons. The Bertz CT molecular complexity index is 1520. The first-order valence-electron chi connectivity index (χ1n) is 9.75. The lowest BCUT2D eigenvalue weighted by Crippen LogP contribution is -2.29. The van der Waals surface area contributed by atoms with Gasteiger partial charge in [0, 0.05) is 28.7 Å². The quantitative estimate of drug-likeness (QED) is 0.411. The van der Waals surface area contributed by atoms with Gasteiger partial charge in [0.25, 0.3) is 11.8 Å². The van der Waals surface area contributed by atoms with E-state index in [-0.39, 0.29) is 11.8 Å². The maximum absolute atomic E-state index is 12.3. The molecule has 0 saturated heterocycles. The number of imide groups is 1. The number of fused-ring (bicyclic) bond motifs is 8. The molecule has 0 saturated carbocycles. The lowest BCUT2D eigenvalue weighted by molar-refractivity contribution is -0.119. The van der Waals surface area contributed by atoms with Gasteiger partial charge >= 0.3 is 0 Å². The van der Waals surface area contributed by atoms with Crippen LogP contribution in [-0.4, -0.2) is 31.8 Å². The molecule has 0 radical (unpaired) electrons. The van der Waals surface area contributed by atoms with E-state index < -0.39 is 0 Å². The number of H-pyrrole nitrogens is 2. The molecule has 0 unspecified atom stereocenters. The van der Waals surface area contributed by atoms with E-state index in [2.05, 4.69) is 19.9 Å². The normalized spacial score (nSPS) is 14.8. The number of hydrogen-bond acceptors (Lipinski definition) is 4. The summed E-state index contributed by atoms with van der Waals surface area (Å²) >= 11 is 0. The molecule has 3 aliphatic heterocycles. The van der Waals surface area contributed by atoms with Crippen LogP contribution in [0.2, 0.25) is 0 Å². The van der Waals surface area contributed by atoms with Crippen LogP contribution in [-0.2, 0) is 9.59 Å². The van der Waals surface area contributed by atoms with E-state index in [1.807, 2.05) is 60.7 Å². The fraction of sp³-hybridized carbons (Fsp3) is 0. The van der Waals surface area contributed by atoms with E-state index in [0.717, 1.165) is 38.5 Å². The first-order valence-corrected chi connectivity index (χ1v) is 9.75. The zero-order valence-corrected chi connectivity index (χ0v) is 16.2. The summed E-state index contributed by atoms with van der Waals surface area (Å²) in [7, 11) is 0. The summed E-state index contributed by atoms with van der Waals surface area (Å²) in [5.74, 6) is -0.738. The molecule has 0 aliphatic carbocycles. The molecule has 8 bridgehead atoms. The molecule has 0 spiro atoms. The van der Waals surface area contributed by atoms with Gasteiger partial charge in [-0.1, -0.05) is 0 Å².